The van der Waals surface area contributed by atoms with Crippen LogP contribution in [-0.2, 0) is 32.2 Å². The van der Waals surface area contributed by atoms with Crippen LogP contribution in [0.25, 0.3) is 11.1 Å². The number of carboxylic acid groups (broad SMARTS) is 1. The first kappa shape index (κ1) is 34.7. The molecule has 3 unspecified atom stereocenters. The molecule has 0 radical (unpaired) electrons. The summed E-state index contributed by atoms with van der Waals surface area (Å²) in [5, 5.41) is 31.0. The first-order chi connectivity index (χ1) is 23.3. The van der Waals surface area contributed by atoms with E-state index in [1.165, 1.54) is 17.8 Å². The van der Waals surface area contributed by atoms with E-state index in [4.69, 9.17) is 14.7 Å². The van der Waals surface area contributed by atoms with E-state index in [0.717, 1.165) is 33.4 Å². The van der Waals surface area contributed by atoms with Crippen molar-refractivity contribution in [3.63, 3.8) is 0 Å². The Morgan fingerprint density at radius 3 is 2.33 bits per heavy atom. The number of aromatic nitrogens is 1. The SMILES string of the molecule is O=C(CCCC(=O)NCc1cccc(-c2ccc(C3OC(CSc4ncccc4C(=O)O)CC(c4ccc(CO)cc4)O3)cc2)c1)NO. The molecule has 48 heavy (non-hydrogen) atoms. The molecule has 1 fully saturated rings. The summed E-state index contributed by atoms with van der Waals surface area (Å²) < 4.78 is 12.9. The number of hydrogen-bond acceptors (Lipinski definition) is 9. The van der Waals surface area contributed by atoms with Gasteiger partial charge in [-0.15, -0.1) is 11.8 Å². The third-order valence-electron chi connectivity index (χ3n) is 7.89. The third-order valence-corrected chi connectivity index (χ3v) is 9.02. The molecule has 0 aliphatic carbocycles. The van der Waals surface area contributed by atoms with Gasteiger partial charge in [0.25, 0.3) is 0 Å². The Labute approximate surface area is 282 Å². The maximum atomic E-state index is 12.2. The van der Waals surface area contributed by atoms with Gasteiger partial charge in [0.1, 0.15) is 5.03 Å². The summed E-state index contributed by atoms with van der Waals surface area (Å²) >= 11 is 1.34. The highest BCUT2D eigenvalue weighted by Gasteiger charge is 2.32. The second kappa shape index (κ2) is 17.0. The molecular weight excluding hydrogens is 634 g/mol. The van der Waals surface area contributed by atoms with E-state index < -0.39 is 18.2 Å². The highest BCUT2D eigenvalue weighted by molar-refractivity contribution is 7.99. The third kappa shape index (κ3) is 9.49. The van der Waals surface area contributed by atoms with Crippen LogP contribution >= 0.6 is 11.8 Å². The summed E-state index contributed by atoms with van der Waals surface area (Å²) in [5.74, 6) is -1.26. The molecule has 12 heteroatoms. The van der Waals surface area contributed by atoms with Crippen molar-refractivity contribution < 1.29 is 39.3 Å². The van der Waals surface area contributed by atoms with Crippen molar-refractivity contribution in [1.29, 1.82) is 0 Å². The Hall–Kier alpha value is -4.59. The lowest BCUT2D eigenvalue weighted by molar-refractivity contribution is -0.245. The molecule has 4 aromatic rings. The molecule has 3 atom stereocenters. The lowest BCUT2D eigenvalue weighted by Gasteiger charge is -2.36. The number of ether oxygens (including phenoxy) is 2. The molecule has 5 rings (SSSR count). The molecule has 1 aliphatic rings. The van der Waals surface area contributed by atoms with E-state index >= 15 is 0 Å². The Morgan fingerprint density at radius 1 is 0.854 bits per heavy atom. The van der Waals surface area contributed by atoms with Crippen LogP contribution in [0.15, 0.2) is 96.2 Å². The normalized spacial score (nSPS) is 17.4. The predicted octanol–water partition coefficient (Wildman–Crippen LogP) is 5.57. The van der Waals surface area contributed by atoms with Crippen LogP contribution in [0.5, 0.6) is 0 Å². The van der Waals surface area contributed by atoms with Crippen LogP contribution in [0.3, 0.4) is 0 Å². The first-order valence-corrected chi connectivity index (χ1v) is 16.5. The molecule has 1 aliphatic heterocycles. The smallest absolute Gasteiger partial charge is 0.338 e. The fourth-order valence-electron chi connectivity index (χ4n) is 5.31. The van der Waals surface area contributed by atoms with Crippen molar-refractivity contribution in [3.05, 3.63) is 119 Å². The van der Waals surface area contributed by atoms with Gasteiger partial charge in [-0.25, -0.2) is 15.3 Å². The number of rotatable bonds is 14. The van der Waals surface area contributed by atoms with Gasteiger partial charge >= 0.3 is 5.97 Å². The number of pyridine rings is 1. The number of aliphatic hydroxyl groups excluding tert-OH is 1. The number of hydrogen-bond donors (Lipinski definition) is 5. The lowest BCUT2D eigenvalue weighted by Crippen LogP contribution is -2.31. The predicted molar refractivity (Wildman–Crippen MR) is 178 cm³/mol. The number of amides is 2. The van der Waals surface area contributed by atoms with E-state index in [2.05, 4.69) is 10.3 Å². The van der Waals surface area contributed by atoms with Gasteiger partial charge in [-0.05, 0) is 52.4 Å². The Balaban J connectivity index is 1.27. The van der Waals surface area contributed by atoms with Crippen molar-refractivity contribution in [1.82, 2.24) is 15.8 Å². The molecular formula is C36H37N3O8S. The Morgan fingerprint density at radius 2 is 1.60 bits per heavy atom. The molecule has 3 aromatic carbocycles. The summed E-state index contributed by atoms with van der Waals surface area (Å²) in [7, 11) is 0. The van der Waals surface area contributed by atoms with E-state index in [9.17, 15) is 24.6 Å². The van der Waals surface area contributed by atoms with Crippen LogP contribution in [-0.4, -0.2) is 50.0 Å². The molecule has 2 heterocycles. The second-order valence-electron chi connectivity index (χ2n) is 11.3. The van der Waals surface area contributed by atoms with Crippen molar-refractivity contribution in [2.75, 3.05) is 5.75 Å². The number of aromatic carboxylic acids is 1. The van der Waals surface area contributed by atoms with Crippen molar-refractivity contribution in [3.8, 4) is 11.1 Å². The molecule has 0 spiro atoms. The molecule has 0 saturated carbocycles. The molecule has 1 aromatic heterocycles. The van der Waals surface area contributed by atoms with Gasteiger partial charge in [0.05, 0.1) is 24.4 Å². The van der Waals surface area contributed by atoms with E-state index in [1.807, 2.05) is 72.8 Å². The number of hydroxylamine groups is 1. The molecule has 2 amide bonds. The summed E-state index contributed by atoms with van der Waals surface area (Å²) in [6, 6.07) is 26.5. The molecule has 5 N–H and O–H groups in total. The van der Waals surface area contributed by atoms with Crippen LogP contribution in [0.1, 0.15) is 70.7 Å². The minimum atomic E-state index is -1.03. The fraction of sp³-hybridized carbons (Fsp3) is 0.278. The highest BCUT2D eigenvalue weighted by Crippen LogP contribution is 2.40. The van der Waals surface area contributed by atoms with Gasteiger partial charge in [0, 0.05) is 43.3 Å². The lowest BCUT2D eigenvalue weighted by atomic mass is 9.99. The minimum Gasteiger partial charge on any atom is -0.478 e. The van der Waals surface area contributed by atoms with Gasteiger partial charge in [0.15, 0.2) is 6.29 Å². The quantitative estimate of drug-likeness (QED) is 0.0650. The van der Waals surface area contributed by atoms with Crippen molar-refractivity contribution in [2.24, 2.45) is 0 Å². The second-order valence-corrected chi connectivity index (χ2v) is 12.3. The van der Waals surface area contributed by atoms with Crippen molar-refractivity contribution in [2.45, 2.75) is 62.4 Å². The average Bonchev–Trinajstić information content (AvgIpc) is 3.13. The van der Waals surface area contributed by atoms with Gasteiger partial charge in [-0.1, -0.05) is 66.7 Å². The van der Waals surface area contributed by atoms with Gasteiger partial charge in [-0.3, -0.25) is 14.8 Å². The van der Waals surface area contributed by atoms with E-state index in [0.29, 0.717) is 30.2 Å². The van der Waals surface area contributed by atoms with Gasteiger partial charge in [0.2, 0.25) is 11.8 Å². The summed E-state index contributed by atoms with van der Waals surface area (Å²) in [4.78, 5) is 39.3. The highest BCUT2D eigenvalue weighted by atomic mass is 32.2. The minimum absolute atomic E-state index is 0.0515. The number of carboxylic acids is 1. The summed E-state index contributed by atoms with van der Waals surface area (Å²) in [6.45, 7) is 0.289. The molecule has 11 nitrogen and oxygen atoms in total. The zero-order chi connectivity index (χ0) is 33.9. The maximum Gasteiger partial charge on any atom is 0.338 e. The number of benzene rings is 3. The van der Waals surface area contributed by atoms with Crippen LogP contribution < -0.4 is 10.8 Å². The van der Waals surface area contributed by atoms with E-state index in [1.54, 1.807) is 17.7 Å². The number of carbonyl (C=O) groups excluding carboxylic acids is 2. The largest absolute Gasteiger partial charge is 0.478 e. The zero-order valence-corrected chi connectivity index (χ0v) is 26.9. The standard InChI is InChI=1S/C36H37N3O8S/c40-21-23-9-11-26(12-10-23)31-19-29(22-48-34-30(35(43)44)6-3-17-37-34)46-36(47-31)27-15-13-25(14-16-27)28-5-1-4-24(18-28)20-38-32(41)7-2-8-33(42)39-45/h1,3-6,9-18,29,31,36,40,45H,2,7-8,19-22H2,(H,38,41)(H,39,42)(H,43,44). The van der Waals surface area contributed by atoms with Gasteiger partial charge in [-0.2, -0.15) is 0 Å². The number of nitrogens with one attached hydrogen (secondary N) is 2. The topological polar surface area (TPSA) is 167 Å². The summed E-state index contributed by atoms with van der Waals surface area (Å²) in [5.41, 5.74) is 7.15. The summed E-state index contributed by atoms with van der Waals surface area (Å²) in [6.07, 6.45) is 1.49. The number of nitrogens with zero attached hydrogens (tertiary/aromatic N) is 1. The number of thioether (sulfide) groups is 1. The maximum absolute atomic E-state index is 12.2. The fourth-order valence-corrected chi connectivity index (χ4v) is 6.32. The first-order valence-electron chi connectivity index (χ1n) is 15.5. The zero-order valence-electron chi connectivity index (χ0n) is 26.1. The molecule has 1 saturated heterocycles. The Kier molecular flexibility index (Phi) is 12.3. The van der Waals surface area contributed by atoms with E-state index in [-0.39, 0.29) is 43.1 Å². The van der Waals surface area contributed by atoms with Gasteiger partial charge < -0.3 is 25.0 Å². The Bertz CT molecular complexity index is 1700. The number of carbonyl (C=O) groups is 3. The van der Waals surface area contributed by atoms with Crippen molar-refractivity contribution >= 4 is 29.5 Å². The monoisotopic (exact) mass is 671 g/mol. The molecule has 250 valence electrons. The van der Waals surface area contributed by atoms with Crippen LogP contribution in [0.2, 0.25) is 0 Å². The number of aliphatic hydroxyl groups is 1. The average molecular weight is 672 g/mol. The van der Waals surface area contributed by atoms with Crippen LogP contribution in [0.4, 0.5) is 0 Å². The van der Waals surface area contributed by atoms with Crippen LogP contribution in [0, 0.1) is 0 Å². The molecule has 0 bridgehead atoms.